The van der Waals surface area contributed by atoms with Gasteiger partial charge in [0, 0.05) is 24.3 Å². The number of hydrogen-bond donors (Lipinski definition) is 4. The minimum absolute atomic E-state index is 0. The molecular formula is C36H40ClN4O12Ru2. The molecule has 0 aromatic heterocycles. The van der Waals surface area contributed by atoms with Gasteiger partial charge >= 0.3 is 46.5 Å². The summed E-state index contributed by atoms with van der Waals surface area (Å²) in [6.07, 6.45) is 0. The van der Waals surface area contributed by atoms with Crippen molar-refractivity contribution in [2.75, 3.05) is 56.9 Å². The van der Waals surface area contributed by atoms with Crippen molar-refractivity contribution in [3.8, 4) is 46.0 Å². The van der Waals surface area contributed by atoms with E-state index in [-0.39, 0.29) is 41.7 Å². The van der Waals surface area contributed by atoms with Crippen LogP contribution in [0.4, 0.5) is 0 Å². The first kappa shape index (κ1) is 51.8. The van der Waals surface area contributed by atoms with Gasteiger partial charge < -0.3 is 80.0 Å². The van der Waals surface area contributed by atoms with Gasteiger partial charge in [-0.1, -0.05) is 0 Å². The van der Waals surface area contributed by atoms with Gasteiger partial charge in [0.15, 0.2) is 0 Å². The van der Waals surface area contributed by atoms with Gasteiger partial charge in [-0.2, -0.15) is 0 Å². The number of nitrogens with one attached hydrogen (secondary N) is 4. The van der Waals surface area contributed by atoms with E-state index in [1.54, 1.807) is 24.3 Å². The van der Waals surface area contributed by atoms with E-state index in [9.17, 15) is 20.4 Å². The molecule has 0 amide bonds. The first-order valence-corrected chi connectivity index (χ1v) is 17.0. The second-order valence-electron chi connectivity index (χ2n) is 9.72. The van der Waals surface area contributed by atoms with Gasteiger partial charge in [-0.3, -0.25) is 0 Å². The fourth-order valence-corrected chi connectivity index (χ4v) is 3.75. The SMILES string of the molecule is COc1cc(OC)cc(C(=N)[O-])c1.COc1cc(OC)cc(C(=N)[O-])c1.COc1cc(OC)cc(C(=N)[O-])c1.COc1cc(OC)cc(C(=N)[O-])c1.[Cl][Ru+].[Ru+3]. The van der Waals surface area contributed by atoms with Crippen LogP contribution in [0.25, 0.3) is 0 Å². The predicted octanol–water partition coefficient (Wildman–Crippen LogP) is 2.24. The van der Waals surface area contributed by atoms with Crippen LogP contribution >= 0.6 is 9.69 Å². The van der Waals surface area contributed by atoms with Crippen molar-refractivity contribution < 1.29 is 95.1 Å². The van der Waals surface area contributed by atoms with Gasteiger partial charge in [-0.15, -0.1) is 0 Å². The Bertz CT molecular complexity index is 1480. The van der Waals surface area contributed by atoms with E-state index in [2.05, 4.69) is 9.69 Å². The zero-order valence-corrected chi connectivity index (χ0v) is 35.1. The normalized spacial score (nSPS) is 8.98. The molecule has 0 saturated heterocycles. The molecule has 4 N–H and O–H groups in total. The maximum absolute atomic E-state index is 10.7. The average Bonchev–Trinajstić information content (AvgIpc) is 3.20. The molecule has 19 heteroatoms. The van der Waals surface area contributed by atoms with Crippen LogP contribution in [0.2, 0.25) is 0 Å². The van der Waals surface area contributed by atoms with Crippen molar-refractivity contribution >= 4 is 33.3 Å². The molecule has 0 saturated carbocycles. The van der Waals surface area contributed by atoms with Gasteiger partial charge in [0.25, 0.3) is 0 Å². The molecular weight excluding hydrogens is 918 g/mol. The number of ether oxygens (including phenoxy) is 8. The van der Waals surface area contributed by atoms with Crippen molar-refractivity contribution in [3.05, 3.63) is 95.1 Å². The number of rotatable bonds is 12. The maximum atomic E-state index is 10.7. The second-order valence-corrected chi connectivity index (χ2v) is 9.72. The van der Waals surface area contributed by atoms with Crippen LogP contribution in [0.15, 0.2) is 72.8 Å². The molecule has 0 bridgehead atoms. The molecule has 0 aliphatic carbocycles. The summed E-state index contributed by atoms with van der Waals surface area (Å²) in [7, 11) is 16.5. The molecule has 4 aromatic carbocycles. The van der Waals surface area contributed by atoms with Crippen molar-refractivity contribution in [2.45, 2.75) is 0 Å². The quantitative estimate of drug-likeness (QED) is 0.0906. The van der Waals surface area contributed by atoms with Gasteiger partial charge in [-0.05, 0) is 94.4 Å². The first-order chi connectivity index (χ1) is 25.7. The van der Waals surface area contributed by atoms with Crippen LogP contribution in [-0.2, 0) is 36.8 Å². The van der Waals surface area contributed by atoms with E-state index in [1.807, 2.05) is 17.3 Å². The van der Waals surface area contributed by atoms with Gasteiger partial charge in [0.2, 0.25) is 0 Å². The summed E-state index contributed by atoms with van der Waals surface area (Å²) in [6.45, 7) is 0. The Hall–Kier alpha value is -5.30. The molecule has 16 nitrogen and oxygen atoms in total. The zero-order valence-electron chi connectivity index (χ0n) is 30.9. The van der Waals surface area contributed by atoms with Crippen molar-refractivity contribution in [3.63, 3.8) is 0 Å². The Morgan fingerprint density at radius 2 is 0.455 bits per heavy atom. The third-order valence-corrected chi connectivity index (χ3v) is 6.45. The van der Waals surface area contributed by atoms with Crippen LogP contribution in [0.3, 0.4) is 0 Å². The topological polar surface area (TPSA) is 261 Å². The third kappa shape index (κ3) is 19.0. The maximum Gasteiger partial charge on any atom is 3.00 e. The van der Waals surface area contributed by atoms with E-state index in [1.165, 1.54) is 105 Å². The fraction of sp³-hybridized carbons (Fsp3) is 0.222. The summed E-state index contributed by atoms with van der Waals surface area (Å²) < 4.78 is 39.5. The average molecular weight is 958 g/mol. The Balaban J connectivity index is 0. The number of halogens is 1. The smallest absolute Gasteiger partial charge is 3.00 e. The molecule has 0 fully saturated rings. The van der Waals surface area contributed by atoms with Crippen LogP contribution in [0, 0.1) is 21.6 Å². The summed E-state index contributed by atoms with van der Waals surface area (Å²) in [5, 5.41) is 70.6. The molecule has 0 aliphatic heterocycles. The third-order valence-electron chi connectivity index (χ3n) is 6.45. The van der Waals surface area contributed by atoms with Gasteiger partial charge in [0.05, 0.1) is 56.9 Å². The monoisotopic (exact) mass is 959 g/mol. The summed E-state index contributed by atoms with van der Waals surface area (Å²) in [5.74, 6) is 1.06. The van der Waals surface area contributed by atoms with Crippen molar-refractivity contribution in [1.82, 2.24) is 0 Å². The van der Waals surface area contributed by atoms with E-state index in [4.69, 9.17) is 59.5 Å². The van der Waals surface area contributed by atoms with Crippen LogP contribution in [0.1, 0.15) is 22.3 Å². The standard InChI is InChI=1S/4C9H11NO3.ClH.2Ru/c4*1-12-7-3-6(9(10)11)4-8(5-7)13-2;;;/h4*3-5H,1-2H3,(H2,10,11);1H;;/q;;;;;+2;+3/p-5. The largest absolute Gasteiger partial charge is 3.00 e. The first-order valence-electron chi connectivity index (χ1n) is 14.8. The summed E-state index contributed by atoms with van der Waals surface area (Å²) in [5.41, 5.74) is 1.04. The fourth-order valence-electron chi connectivity index (χ4n) is 3.75. The number of benzene rings is 4. The van der Waals surface area contributed by atoms with E-state index in [0.29, 0.717) is 46.0 Å². The van der Waals surface area contributed by atoms with Crippen molar-refractivity contribution in [2.24, 2.45) is 0 Å². The van der Waals surface area contributed by atoms with Gasteiger partial charge in [0.1, 0.15) is 46.0 Å². The zero-order chi connectivity index (χ0) is 41.4. The summed E-state index contributed by atoms with van der Waals surface area (Å²) >= 11 is 1.82. The molecule has 0 heterocycles. The second kappa shape index (κ2) is 28.2. The molecule has 0 spiro atoms. The summed E-state index contributed by atoms with van der Waals surface area (Å²) in [6, 6.07) is 18.6. The van der Waals surface area contributed by atoms with E-state index in [0.717, 1.165) is 0 Å². The van der Waals surface area contributed by atoms with Crippen LogP contribution in [-0.4, -0.2) is 80.5 Å². The molecule has 299 valence electrons. The Labute approximate surface area is 346 Å². The van der Waals surface area contributed by atoms with Crippen LogP contribution in [0.5, 0.6) is 46.0 Å². The molecule has 4 rings (SSSR count). The number of methoxy groups -OCH3 is 8. The Morgan fingerprint density at radius 3 is 0.527 bits per heavy atom. The van der Waals surface area contributed by atoms with Crippen LogP contribution < -0.4 is 58.3 Å². The molecule has 0 aliphatic rings. The molecule has 0 atom stereocenters. The Morgan fingerprint density at radius 1 is 0.345 bits per heavy atom. The molecule has 4 aromatic rings. The molecule has 55 heavy (non-hydrogen) atoms. The van der Waals surface area contributed by atoms with Crippen molar-refractivity contribution in [1.29, 1.82) is 21.6 Å². The van der Waals surface area contributed by atoms with E-state index < -0.39 is 23.6 Å². The predicted molar refractivity (Wildman–Crippen MR) is 191 cm³/mol. The summed E-state index contributed by atoms with van der Waals surface area (Å²) in [4.78, 5) is 0. The molecule has 1 radical (unpaired) electrons. The van der Waals surface area contributed by atoms with E-state index >= 15 is 0 Å². The minimum Gasteiger partial charge on any atom is 3.00 e. The molecule has 0 unspecified atom stereocenters. The minimum atomic E-state index is -0.753. The Kier molecular flexibility index (Phi) is 26.5. The van der Waals surface area contributed by atoms with Gasteiger partial charge in [-0.25, -0.2) is 0 Å². The number of hydrogen-bond acceptors (Lipinski definition) is 16.